The molecule has 4 aromatic rings. The number of aryl methyl sites for hydroxylation is 3. The third-order valence-corrected chi connectivity index (χ3v) is 5.00. The Labute approximate surface area is 161 Å². The summed E-state index contributed by atoms with van der Waals surface area (Å²) < 4.78 is 11.3. The maximum Gasteiger partial charge on any atom is 0.340 e. The monoisotopic (exact) mass is 376 g/mol. The lowest BCUT2D eigenvalue weighted by atomic mass is 9.99. The van der Waals surface area contributed by atoms with Crippen LogP contribution >= 0.6 is 0 Å². The van der Waals surface area contributed by atoms with Crippen LogP contribution in [0.1, 0.15) is 27.9 Å². The Morgan fingerprint density at radius 2 is 1.96 bits per heavy atom. The Hall–Kier alpha value is -3.41. The summed E-state index contributed by atoms with van der Waals surface area (Å²) in [6, 6.07) is 7.34. The molecule has 28 heavy (non-hydrogen) atoms. The van der Waals surface area contributed by atoms with E-state index < -0.39 is 5.63 Å². The average molecular weight is 376 g/mol. The van der Waals surface area contributed by atoms with E-state index >= 15 is 0 Å². The van der Waals surface area contributed by atoms with E-state index in [0.717, 1.165) is 27.6 Å². The standard InChI is InChI=1S/C22H20N2O4/c1-12-8-17-20(21-19(12)13(2)11-27-21)14(3)16(22(26)28-17)9-18(25)24-10-15-6-4-5-7-23-15/h4-8,11H,9-10H2,1-3H3,(H,24,25). The molecule has 4 rings (SSSR count). The third-order valence-electron chi connectivity index (χ3n) is 5.00. The number of fused-ring (bicyclic) bond motifs is 3. The van der Waals surface area contributed by atoms with Gasteiger partial charge in [-0.1, -0.05) is 6.07 Å². The van der Waals surface area contributed by atoms with Gasteiger partial charge >= 0.3 is 5.63 Å². The Kier molecular flexibility index (Phi) is 4.47. The number of aromatic nitrogens is 1. The van der Waals surface area contributed by atoms with Gasteiger partial charge in [-0.2, -0.15) is 0 Å². The fourth-order valence-corrected chi connectivity index (χ4v) is 3.59. The van der Waals surface area contributed by atoms with Gasteiger partial charge in [-0.3, -0.25) is 9.78 Å². The van der Waals surface area contributed by atoms with Gasteiger partial charge in [-0.05, 0) is 55.7 Å². The molecular formula is C22H20N2O4. The average Bonchev–Trinajstić information content (AvgIpc) is 3.06. The molecule has 0 unspecified atom stereocenters. The lowest BCUT2D eigenvalue weighted by Crippen LogP contribution is -2.27. The molecule has 0 saturated heterocycles. The van der Waals surface area contributed by atoms with Gasteiger partial charge in [-0.25, -0.2) is 4.79 Å². The summed E-state index contributed by atoms with van der Waals surface area (Å²) in [7, 11) is 0. The molecule has 0 atom stereocenters. The van der Waals surface area contributed by atoms with E-state index in [2.05, 4.69) is 10.3 Å². The largest absolute Gasteiger partial charge is 0.463 e. The minimum Gasteiger partial charge on any atom is -0.463 e. The molecule has 142 valence electrons. The summed E-state index contributed by atoms with van der Waals surface area (Å²) in [4.78, 5) is 29.1. The zero-order chi connectivity index (χ0) is 19.8. The molecule has 0 fully saturated rings. The molecule has 6 nitrogen and oxygen atoms in total. The van der Waals surface area contributed by atoms with Crippen molar-refractivity contribution in [1.82, 2.24) is 10.3 Å². The molecule has 0 aliphatic carbocycles. The second-order valence-electron chi connectivity index (χ2n) is 6.96. The molecule has 0 aliphatic rings. The molecule has 1 aromatic carbocycles. The SMILES string of the molecule is Cc1coc2c1c(C)cc1oc(=O)c(CC(=O)NCc3ccccn3)c(C)c12. The number of carbonyl (C=O) groups excluding carboxylic acids is 1. The topological polar surface area (TPSA) is 85.3 Å². The predicted octanol–water partition coefficient (Wildman–Crippen LogP) is 3.72. The van der Waals surface area contributed by atoms with Gasteiger partial charge in [0.15, 0.2) is 0 Å². The summed E-state index contributed by atoms with van der Waals surface area (Å²) in [5.74, 6) is -0.264. The number of nitrogens with zero attached hydrogens (tertiary/aromatic N) is 1. The van der Waals surface area contributed by atoms with E-state index in [1.807, 2.05) is 45.0 Å². The van der Waals surface area contributed by atoms with Crippen molar-refractivity contribution in [2.24, 2.45) is 0 Å². The molecule has 0 bridgehead atoms. The molecule has 0 radical (unpaired) electrons. The molecular weight excluding hydrogens is 356 g/mol. The maximum absolute atomic E-state index is 12.5. The van der Waals surface area contributed by atoms with Gasteiger partial charge in [-0.15, -0.1) is 0 Å². The first-order valence-electron chi connectivity index (χ1n) is 9.06. The van der Waals surface area contributed by atoms with Gasteiger partial charge in [0.2, 0.25) is 5.91 Å². The first-order chi connectivity index (χ1) is 13.5. The Bertz CT molecular complexity index is 1250. The number of nitrogens with one attached hydrogen (secondary N) is 1. The van der Waals surface area contributed by atoms with Crippen LogP contribution in [0.5, 0.6) is 0 Å². The first kappa shape index (κ1) is 18.0. The van der Waals surface area contributed by atoms with E-state index in [1.165, 1.54) is 0 Å². The third kappa shape index (κ3) is 3.07. The summed E-state index contributed by atoms with van der Waals surface area (Å²) >= 11 is 0. The predicted molar refractivity (Wildman–Crippen MR) is 106 cm³/mol. The number of hydrogen-bond acceptors (Lipinski definition) is 5. The molecule has 0 aliphatic heterocycles. The molecule has 0 spiro atoms. The van der Waals surface area contributed by atoms with Crippen LogP contribution in [-0.2, 0) is 17.8 Å². The molecule has 0 saturated carbocycles. The number of rotatable bonds is 4. The molecule has 1 N–H and O–H groups in total. The van der Waals surface area contributed by atoms with Gasteiger partial charge < -0.3 is 14.2 Å². The van der Waals surface area contributed by atoms with E-state index in [9.17, 15) is 9.59 Å². The van der Waals surface area contributed by atoms with Crippen molar-refractivity contribution in [3.63, 3.8) is 0 Å². The summed E-state index contributed by atoms with van der Waals surface area (Å²) in [6.07, 6.45) is 3.30. The summed E-state index contributed by atoms with van der Waals surface area (Å²) in [6.45, 7) is 6.06. The smallest absolute Gasteiger partial charge is 0.340 e. The van der Waals surface area contributed by atoms with Crippen LogP contribution in [0.4, 0.5) is 0 Å². The highest BCUT2D eigenvalue weighted by atomic mass is 16.4. The van der Waals surface area contributed by atoms with Crippen LogP contribution in [0, 0.1) is 20.8 Å². The van der Waals surface area contributed by atoms with Crippen molar-refractivity contribution in [2.45, 2.75) is 33.7 Å². The maximum atomic E-state index is 12.5. The Morgan fingerprint density at radius 3 is 2.71 bits per heavy atom. The number of hydrogen-bond donors (Lipinski definition) is 1. The van der Waals surface area contributed by atoms with E-state index in [-0.39, 0.29) is 12.3 Å². The fourth-order valence-electron chi connectivity index (χ4n) is 3.59. The number of amides is 1. The van der Waals surface area contributed by atoms with Crippen molar-refractivity contribution in [3.8, 4) is 0 Å². The van der Waals surface area contributed by atoms with Gasteiger partial charge in [0.05, 0.1) is 35.9 Å². The fraction of sp³-hybridized carbons (Fsp3) is 0.227. The van der Waals surface area contributed by atoms with E-state index in [4.69, 9.17) is 8.83 Å². The van der Waals surface area contributed by atoms with Crippen LogP contribution in [0.3, 0.4) is 0 Å². The summed E-state index contributed by atoms with van der Waals surface area (Å²) in [5, 5.41) is 4.54. The van der Waals surface area contributed by atoms with Crippen LogP contribution < -0.4 is 10.9 Å². The normalized spacial score (nSPS) is 11.2. The van der Waals surface area contributed by atoms with Crippen LogP contribution in [0.15, 0.2) is 50.4 Å². The second kappa shape index (κ2) is 6.96. The van der Waals surface area contributed by atoms with Crippen LogP contribution in [0.25, 0.3) is 21.9 Å². The molecule has 3 heterocycles. The van der Waals surface area contributed by atoms with Crippen LogP contribution in [0.2, 0.25) is 0 Å². The lowest BCUT2D eigenvalue weighted by Gasteiger charge is -2.10. The summed E-state index contributed by atoms with van der Waals surface area (Å²) in [5.41, 5.74) is 4.46. The zero-order valence-electron chi connectivity index (χ0n) is 16.0. The first-order valence-corrected chi connectivity index (χ1v) is 9.06. The van der Waals surface area contributed by atoms with Crippen molar-refractivity contribution in [3.05, 3.63) is 75.1 Å². The molecule has 3 aromatic heterocycles. The van der Waals surface area contributed by atoms with Crippen molar-refractivity contribution in [2.75, 3.05) is 0 Å². The number of furan rings is 1. The highest BCUT2D eigenvalue weighted by Gasteiger charge is 2.19. The number of pyridine rings is 1. The van der Waals surface area contributed by atoms with Crippen molar-refractivity contribution >= 4 is 27.8 Å². The van der Waals surface area contributed by atoms with E-state index in [0.29, 0.717) is 28.8 Å². The van der Waals surface area contributed by atoms with Gasteiger partial charge in [0.1, 0.15) is 11.2 Å². The molecule has 6 heteroatoms. The van der Waals surface area contributed by atoms with Crippen LogP contribution in [-0.4, -0.2) is 10.9 Å². The quantitative estimate of drug-likeness (QED) is 0.549. The van der Waals surface area contributed by atoms with Crippen molar-refractivity contribution in [1.29, 1.82) is 0 Å². The highest BCUT2D eigenvalue weighted by Crippen LogP contribution is 2.34. The van der Waals surface area contributed by atoms with Gasteiger partial charge in [0, 0.05) is 11.6 Å². The van der Waals surface area contributed by atoms with Gasteiger partial charge in [0.25, 0.3) is 0 Å². The van der Waals surface area contributed by atoms with Crippen molar-refractivity contribution < 1.29 is 13.6 Å². The lowest BCUT2D eigenvalue weighted by molar-refractivity contribution is -0.120. The second-order valence-corrected chi connectivity index (χ2v) is 6.96. The highest BCUT2D eigenvalue weighted by molar-refractivity contribution is 6.07. The molecule has 1 amide bonds. The van der Waals surface area contributed by atoms with E-state index in [1.54, 1.807) is 12.5 Å². The number of benzene rings is 1. The number of carbonyl (C=O) groups is 1. The minimum absolute atomic E-state index is 0.0635. The Balaban J connectivity index is 1.71. The Morgan fingerprint density at radius 1 is 1.14 bits per heavy atom. The minimum atomic E-state index is -0.500. The zero-order valence-corrected chi connectivity index (χ0v) is 16.0.